The van der Waals surface area contributed by atoms with E-state index in [-0.39, 0.29) is 11.7 Å². The molecule has 0 heterocycles. The highest BCUT2D eigenvalue weighted by atomic mass is 16.2. The van der Waals surface area contributed by atoms with Crippen LogP contribution in [0.25, 0.3) is 6.08 Å². The molecular formula is C16H19NO2. The molecule has 0 bridgehead atoms. The van der Waals surface area contributed by atoms with E-state index in [9.17, 15) is 9.59 Å². The summed E-state index contributed by atoms with van der Waals surface area (Å²) >= 11 is 0. The van der Waals surface area contributed by atoms with Crippen LogP contribution < -0.4 is 5.73 Å². The molecule has 100 valence electrons. The van der Waals surface area contributed by atoms with Gasteiger partial charge in [-0.15, -0.1) is 0 Å². The molecule has 3 heteroatoms. The van der Waals surface area contributed by atoms with Crippen LogP contribution in [0.3, 0.4) is 0 Å². The van der Waals surface area contributed by atoms with Gasteiger partial charge in [-0.1, -0.05) is 49.2 Å². The third kappa shape index (κ3) is 3.53. The third-order valence-electron chi connectivity index (χ3n) is 3.72. The number of hydrogen-bond donors (Lipinski definition) is 1. The second-order valence-corrected chi connectivity index (χ2v) is 5.07. The maximum atomic E-state index is 12.2. The summed E-state index contributed by atoms with van der Waals surface area (Å²) in [6.07, 6.45) is 7.27. The van der Waals surface area contributed by atoms with Gasteiger partial charge in [-0.3, -0.25) is 9.59 Å². The second-order valence-electron chi connectivity index (χ2n) is 5.07. The fourth-order valence-corrected chi connectivity index (χ4v) is 2.74. The van der Waals surface area contributed by atoms with Crippen molar-refractivity contribution in [2.45, 2.75) is 25.7 Å². The zero-order valence-corrected chi connectivity index (χ0v) is 10.9. The molecule has 0 radical (unpaired) electrons. The van der Waals surface area contributed by atoms with Crippen molar-refractivity contribution in [2.24, 2.45) is 17.6 Å². The molecule has 3 nitrogen and oxygen atoms in total. The molecule has 1 aliphatic carbocycles. The molecule has 1 aromatic carbocycles. The van der Waals surface area contributed by atoms with Crippen LogP contribution in [0.2, 0.25) is 0 Å². The summed E-state index contributed by atoms with van der Waals surface area (Å²) in [5.41, 5.74) is 6.34. The number of ketones is 1. The Hall–Kier alpha value is -1.90. The molecule has 1 fully saturated rings. The fourth-order valence-electron chi connectivity index (χ4n) is 2.74. The second kappa shape index (κ2) is 6.32. The van der Waals surface area contributed by atoms with Gasteiger partial charge in [-0.2, -0.15) is 0 Å². The Morgan fingerprint density at radius 1 is 1.16 bits per heavy atom. The molecule has 1 atom stereocenters. The third-order valence-corrected chi connectivity index (χ3v) is 3.72. The van der Waals surface area contributed by atoms with E-state index in [1.165, 1.54) is 6.08 Å². The van der Waals surface area contributed by atoms with Gasteiger partial charge in [0.1, 0.15) is 5.92 Å². The highest BCUT2D eigenvalue weighted by Gasteiger charge is 2.33. The molecule has 1 unspecified atom stereocenters. The van der Waals surface area contributed by atoms with E-state index in [0.717, 1.165) is 31.2 Å². The van der Waals surface area contributed by atoms with E-state index >= 15 is 0 Å². The molecule has 1 amide bonds. The number of amides is 1. The number of hydrogen-bond acceptors (Lipinski definition) is 2. The van der Waals surface area contributed by atoms with Gasteiger partial charge in [-0.25, -0.2) is 0 Å². The molecular weight excluding hydrogens is 238 g/mol. The molecule has 19 heavy (non-hydrogen) atoms. The molecule has 1 aromatic rings. The normalized spacial score (nSPS) is 17.7. The molecule has 2 N–H and O–H groups in total. The SMILES string of the molecule is NC(=O)C(C(=O)/C=C/c1ccccc1)C1CCCC1. The van der Waals surface area contributed by atoms with Crippen LogP contribution in [0.5, 0.6) is 0 Å². The molecule has 0 saturated heterocycles. The van der Waals surface area contributed by atoms with Crippen LogP contribution in [0.15, 0.2) is 36.4 Å². The van der Waals surface area contributed by atoms with Crippen molar-refractivity contribution < 1.29 is 9.59 Å². The first kappa shape index (κ1) is 13.5. The van der Waals surface area contributed by atoms with Gasteiger partial charge in [0.05, 0.1) is 0 Å². The van der Waals surface area contributed by atoms with Crippen molar-refractivity contribution in [1.29, 1.82) is 0 Å². The van der Waals surface area contributed by atoms with Gasteiger partial charge in [0.15, 0.2) is 5.78 Å². The predicted octanol–water partition coefficient (Wildman–Crippen LogP) is 2.56. The van der Waals surface area contributed by atoms with E-state index in [0.29, 0.717) is 0 Å². The van der Waals surface area contributed by atoms with Crippen LogP contribution in [0.4, 0.5) is 0 Å². The van der Waals surface area contributed by atoms with Gasteiger partial charge >= 0.3 is 0 Å². The minimum atomic E-state index is -0.650. The van der Waals surface area contributed by atoms with Gasteiger partial charge in [0.25, 0.3) is 0 Å². The summed E-state index contributed by atoms with van der Waals surface area (Å²) in [6, 6.07) is 9.57. The van der Waals surface area contributed by atoms with E-state index in [2.05, 4.69) is 0 Å². The summed E-state index contributed by atoms with van der Waals surface area (Å²) in [4.78, 5) is 23.7. The van der Waals surface area contributed by atoms with Crippen molar-refractivity contribution in [3.05, 3.63) is 42.0 Å². The Morgan fingerprint density at radius 2 is 1.79 bits per heavy atom. The van der Waals surface area contributed by atoms with Gasteiger partial charge in [0, 0.05) is 0 Å². The van der Waals surface area contributed by atoms with Gasteiger partial charge in [0.2, 0.25) is 5.91 Å². The zero-order valence-electron chi connectivity index (χ0n) is 10.9. The van der Waals surface area contributed by atoms with Crippen molar-refractivity contribution in [1.82, 2.24) is 0 Å². The van der Waals surface area contributed by atoms with E-state index in [1.54, 1.807) is 6.08 Å². The van der Waals surface area contributed by atoms with Crippen molar-refractivity contribution in [3.63, 3.8) is 0 Å². The zero-order chi connectivity index (χ0) is 13.7. The summed E-state index contributed by atoms with van der Waals surface area (Å²) < 4.78 is 0. The Labute approximate surface area is 113 Å². The maximum Gasteiger partial charge on any atom is 0.228 e. The molecule has 1 aliphatic rings. The Balaban J connectivity index is 2.07. The monoisotopic (exact) mass is 257 g/mol. The summed E-state index contributed by atoms with van der Waals surface area (Å²) in [7, 11) is 0. The first-order valence-electron chi connectivity index (χ1n) is 6.75. The summed E-state index contributed by atoms with van der Waals surface area (Å²) in [5.74, 6) is -1.18. The van der Waals surface area contributed by atoms with Gasteiger partial charge in [-0.05, 0) is 30.4 Å². The average molecular weight is 257 g/mol. The molecule has 2 rings (SSSR count). The number of carbonyl (C=O) groups excluding carboxylic acids is 2. The number of carbonyl (C=O) groups is 2. The minimum absolute atomic E-state index is 0.130. The lowest BCUT2D eigenvalue weighted by Crippen LogP contribution is -2.34. The van der Waals surface area contributed by atoms with Gasteiger partial charge < -0.3 is 5.73 Å². The first-order valence-corrected chi connectivity index (χ1v) is 6.75. The Bertz CT molecular complexity index is 473. The van der Waals surface area contributed by atoms with Crippen LogP contribution in [-0.2, 0) is 9.59 Å². The lowest BCUT2D eigenvalue weighted by atomic mass is 9.86. The smallest absolute Gasteiger partial charge is 0.228 e. The van der Waals surface area contributed by atoms with Crippen molar-refractivity contribution in [2.75, 3.05) is 0 Å². The molecule has 1 saturated carbocycles. The van der Waals surface area contributed by atoms with E-state index in [4.69, 9.17) is 5.73 Å². The van der Waals surface area contributed by atoms with Crippen LogP contribution in [0.1, 0.15) is 31.2 Å². The quantitative estimate of drug-likeness (QED) is 0.651. The van der Waals surface area contributed by atoms with Crippen molar-refractivity contribution >= 4 is 17.8 Å². The molecule has 0 aliphatic heterocycles. The highest BCUT2D eigenvalue weighted by Crippen LogP contribution is 2.32. The Kier molecular flexibility index (Phi) is 4.50. The standard InChI is InChI=1S/C16H19NO2/c17-16(19)15(13-8-4-5-9-13)14(18)11-10-12-6-2-1-3-7-12/h1-3,6-7,10-11,13,15H,4-5,8-9H2,(H2,17,19)/b11-10+. The predicted molar refractivity (Wildman–Crippen MR) is 75.1 cm³/mol. The maximum absolute atomic E-state index is 12.2. The average Bonchev–Trinajstić information content (AvgIpc) is 2.91. The molecule has 0 aromatic heterocycles. The lowest BCUT2D eigenvalue weighted by Gasteiger charge is -2.17. The number of rotatable bonds is 5. The van der Waals surface area contributed by atoms with Crippen LogP contribution >= 0.6 is 0 Å². The number of allylic oxidation sites excluding steroid dienone is 1. The van der Waals surface area contributed by atoms with E-state index < -0.39 is 11.8 Å². The lowest BCUT2D eigenvalue weighted by molar-refractivity contribution is -0.131. The fraction of sp³-hybridized carbons (Fsp3) is 0.375. The molecule has 0 spiro atoms. The van der Waals surface area contributed by atoms with E-state index in [1.807, 2.05) is 30.3 Å². The first-order chi connectivity index (χ1) is 9.18. The Morgan fingerprint density at radius 3 is 2.37 bits per heavy atom. The van der Waals surface area contributed by atoms with Crippen LogP contribution in [0, 0.1) is 11.8 Å². The summed E-state index contributed by atoms with van der Waals surface area (Å²) in [6.45, 7) is 0. The van der Waals surface area contributed by atoms with Crippen molar-refractivity contribution in [3.8, 4) is 0 Å². The minimum Gasteiger partial charge on any atom is -0.369 e. The number of primary amides is 1. The van der Waals surface area contributed by atoms with Crippen LogP contribution in [-0.4, -0.2) is 11.7 Å². The largest absolute Gasteiger partial charge is 0.369 e. The number of nitrogens with two attached hydrogens (primary N) is 1. The number of benzene rings is 1. The summed E-state index contributed by atoms with van der Waals surface area (Å²) in [5, 5.41) is 0. The highest BCUT2D eigenvalue weighted by molar-refractivity contribution is 6.08. The topological polar surface area (TPSA) is 60.2 Å².